The van der Waals surface area contributed by atoms with Crippen molar-refractivity contribution in [2.75, 3.05) is 12.8 Å². The zero-order valence-electron chi connectivity index (χ0n) is 12.3. The van der Waals surface area contributed by atoms with Crippen LogP contribution < -0.4 is 5.32 Å². The molecule has 1 saturated heterocycles. The van der Waals surface area contributed by atoms with Crippen LogP contribution in [0.25, 0.3) is 0 Å². The van der Waals surface area contributed by atoms with Crippen LogP contribution in [-0.2, 0) is 15.6 Å². The highest BCUT2D eigenvalue weighted by Gasteiger charge is 2.51. The zero-order chi connectivity index (χ0) is 14.0. The van der Waals surface area contributed by atoms with Crippen LogP contribution in [0.2, 0.25) is 0 Å². The smallest absolute Gasteiger partial charge is 0.244 e. The topological polar surface area (TPSA) is 49.4 Å². The molecule has 1 amide bonds. The van der Waals surface area contributed by atoms with Gasteiger partial charge in [-0.1, -0.05) is 26.7 Å². The van der Waals surface area contributed by atoms with Gasteiger partial charge in [0.1, 0.15) is 0 Å². The number of nitrogens with zero attached hydrogens (tertiary/aromatic N) is 1. The van der Waals surface area contributed by atoms with Crippen molar-refractivity contribution in [3.05, 3.63) is 0 Å². The number of carbonyl (C=O) groups is 1. The van der Waals surface area contributed by atoms with Gasteiger partial charge in [-0.2, -0.15) is 0 Å². The normalized spacial score (nSPS) is 29.1. The predicted octanol–water partition coefficient (Wildman–Crippen LogP) is 1.62. The van der Waals surface area contributed by atoms with Crippen molar-refractivity contribution < 1.29 is 9.00 Å². The van der Waals surface area contributed by atoms with Crippen molar-refractivity contribution in [3.8, 4) is 0 Å². The van der Waals surface area contributed by atoms with E-state index in [1.54, 1.807) is 6.26 Å². The van der Waals surface area contributed by atoms with Gasteiger partial charge in [0, 0.05) is 28.9 Å². The van der Waals surface area contributed by atoms with E-state index in [0.29, 0.717) is 0 Å². The van der Waals surface area contributed by atoms with Crippen LogP contribution >= 0.6 is 0 Å². The average molecular weight is 286 g/mol. The summed E-state index contributed by atoms with van der Waals surface area (Å²) in [7, 11) is -0.804. The lowest BCUT2D eigenvalue weighted by atomic mass is 9.98. The van der Waals surface area contributed by atoms with Gasteiger partial charge in [0.05, 0.1) is 11.7 Å². The molecule has 0 radical (unpaired) electrons. The van der Waals surface area contributed by atoms with Crippen molar-refractivity contribution in [2.24, 2.45) is 0 Å². The number of carbonyl (C=O) groups excluding carboxylic acids is 1. The summed E-state index contributed by atoms with van der Waals surface area (Å²) < 4.78 is 11.4. The van der Waals surface area contributed by atoms with E-state index >= 15 is 0 Å². The standard InChI is InChI=1S/C14H26N2O2S/c1-4-12-15-14(8-5-6-9-14)13(17)16(12)10-7-11(2)19(3)18/h11-12,15H,4-10H2,1-3H3. The predicted molar refractivity (Wildman–Crippen MR) is 78.3 cm³/mol. The summed E-state index contributed by atoms with van der Waals surface area (Å²) in [5.74, 6) is 0.283. The van der Waals surface area contributed by atoms with Crippen LogP contribution in [0.15, 0.2) is 0 Å². The van der Waals surface area contributed by atoms with Crippen LogP contribution in [0.3, 0.4) is 0 Å². The molecule has 1 spiro atoms. The van der Waals surface area contributed by atoms with Gasteiger partial charge in [-0.05, 0) is 25.7 Å². The summed E-state index contributed by atoms with van der Waals surface area (Å²) in [6.07, 6.45) is 7.94. The molecule has 0 aromatic heterocycles. The quantitative estimate of drug-likeness (QED) is 0.835. The third kappa shape index (κ3) is 2.87. The molecule has 0 aromatic carbocycles. The number of rotatable bonds is 5. The van der Waals surface area contributed by atoms with Crippen molar-refractivity contribution in [1.82, 2.24) is 10.2 Å². The average Bonchev–Trinajstić information content (AvgIpc) is 2.95. The van der Waals surface area contributed by atoms with Gasteiger partial charge in [-0.25, -0.2) is 0 Å². The Bertz CT molecular complexity index is 366. The maximum absolute atomic E-state index is 12.7. The molecular weight excluding hydrogens is 260 g/mol. The van der Waals surface area contributed by atoms with Crippen molar-refractivity contribution in [1.29, 1.82) is 0 Å². The Labute approximate surface area is 118 Å². The first-order valence-corrected chi connectivity index (χ1v) is 9.03. The van der Waals surface area contributed by atoms with E-state index in [1.807, 2.05) is 11.8 Å². The van der Waals surface area contributed by atoms with E-state index in [2.05, 4.69) is 12.2 Å². The maximum atomic E-state index is 12.7. The summed E-state index contributed by atoms with van der Waals surface area (Å²) in [6, 6.07) is 0. The highest BCUT2D eigenvalue weighted by Crippen LogP contribution is 2.37. The van der Waals surface area contributed by atoms with Gasteiger partial charge in [-0.15, -0.1) is 0 Å². The molecule has 1 N–H and O–H groups in total. The second kappa shape index (κ2) is 5.92. The Balaban J connectivity index is 2.02. The van der Waals surface area contributed by atoms with Gasteiger partial charge in [0.15, 0.2) is 0 Å². The van der Waals surface area contributed by atoms with Crippen LogP contribution in [-0.4, -0.2) is 44.8 Å². The lowest BCUT2D eigenvalue weighted by Gasteiger charge is -2.24. The third-order valence-corrected chi connectivity index (χ3v) is 6.05. The molecule has 3 atom stereocenters. The molecule has 110 valence electrons. The number of amides is 1. The Hall–Kier alpha value is -0.420. The molecule has 5 heteroatoms. The van der Waals surface area contributed by atoms with E-state index in [9.17, 15) is 9.00 Å². The molecule has 2 aliphatic rings. The summed E-state index contributed by atoms with van der Waals surface area (Å²) >= 11 is 0. The van der Waals surface area contributed by atoms with Crippen LogP contribution in [0.5, 0.6) is 0 Å². The molecule has 1 saturated carbocycles. The maximum Gasteiger partial charge on any atom is 0.244 e. The molecule has 2 fully saturated rings. The molecule has 4 nitrogen and oxygen atoms in total. The largest absolute Gasteiger partial charge is 0.326 e. The lowest BCUT2D eigenvalue weighted by Crippen LogP contribution is -2.44. The molecule has 19 heavy (non-hydrogen) atoms. The second-order valence-electron chi connectivity index (χ2n) is 5.95. The zero-order valence-corrected chi connectivity index (χ0v) is 13.1. The first-order valence-electron chi connectivity index (χ1n) is 7.41. The van der Waals surface area contributed by atoms with Crippen LogP contribution in [0, 0.1) is 0 Å². The minimum absolute atomic E-state index is 0.158. The first-order chi connectivity index (χ1) is 9.00. The Morgan fingerprint density at radius 2 is 2.11 bits per heavy atom. The van der Waals surface area contributed by atoms with Gasteiger partial charge >= 0.3 is 0 Å². The van der Waals surface area contributed by atoms with Crippen LogP contribution in [0.4, 0.5) is 0 Å². The van der Waals surface area contributed by atoms with Gasteiger partial charge < -0.3 is 4.90 Å². The molecule has 1 aliphatic heterocycles. The number of nitrogens with one attached hydrogen (secondary N) is 1. The van der Waals surface area contributed by atoms with Crippen molar-refractivity contribution >= 4 is 16.7 Å². The molecule has 2 rings (SSSR count). The first kappa shape index (κ1) is 15.0. The lowest BCUT2D eigenvalue weighted by molar-refractivity contribution is -0.133. The highest BCUT2D eigenvalue weighted by molar-refractivity contribution is 7.84. The third-order valence-electron chi connectivity index (χ3n) is 4.68. The van der Waals surface area contributed by atoms with E-state index in [-0.39, 0.29) is 22.9 Å². The fourth-order valence-corrected chi connectivity index (χ4v) is 3.72. The monoisotopic (exact) mass is 286 g/mol. The Morgan fingerprint density at radius 1 is 1.47 bits per heavy atom. The minimum Gasteiger partial charge on any atom is -0.326 e. The number of hydrogen-bond donors (Lipinski definition) is 1. The van der Waals surface area contributed by atoms with E-state index in [1.165, 1.54) is 0 Å². The SMILES string of the molecule is CCC1NC2(CCCC2)C(=O)N1CCC(C)S(C)=O. The number of hydrogen-bond acceptors (Lipinski definition) is 3. The van der Waals surface area contributed by atoms with E-state index in [4.69, 9.17) is 0 Å². The fraction of sp³-hybridized carbons (Fsp3) is 0.929. The highest BCUT2D eigenvalue weighted by atomic mass is 32.2. The molecule has 0 bridgehead atoms. The van der Waals surface area contributed by atoms with Gasteiger partial charge in [0.25, 0.3) is 0 Å². The van der Waals surface area contributed by atoms with E-state index in [0.717, 1.165) is 45.1 Å². The molecular formula is C14H26N2O2S. The molecule has 3 unspecified atom stereocenters. The fourth-order valence-electron chi connectivity index (χ4n) is 3.28. The summed E-state index contributed by atoms with van der Waals surface area (Å²) in [5.41, 5.74) is -0.269. The minimum atomic E-state index is -0.804. The van der Waals surface area contributed by atoms with E-state index < -0.39 is 10.8 Å². The van der Waals surface area contributed by atoms with Crippen molar-refractivity contribution in [3.63, 3.8) is 0 Å². The van der Waals surface area contributed by atoms with Crippen molar-refractivity contribution in [2.45, 2.75) is 69.3 Å². The summed E-state index contributed by atoms with van der Waals surface area (Å²) in [4.78, 5) is 14.7. The summed E-state index contributed by atoms with van der Waals surface area (Å²) in [6.45, 7) is 4.84. The molecule has 1 heterocycles. The second-order valence-corrected chi connectivity index (χ2v) is 7.76. The summed E-state index contributed by atoms with van der Waals surface area (Å²) in [5, 5.41) is 3.73. The van der Waals surface area contributed by atoms with Gasteiger partial charge in [0.2, 0.25) is 5.91 Å². The van der Waals surface area contributed by atoms with Crippen LogP contribution in [0.1, 0.15) is 52.4 Å². The van der Waals surface area contributed by atoms with Gasteiger partial charge in [-0.3, -0.25) is 14.3 Å². The molecule has 1 aliphatic carbocycles. The Kier molecular flexibility index (Phi) is 4.66. The molecule has 0 aromatic rings. The Morgan fingerprint density at radius 3 is 2.63 bits per heavy atom.